The number of hydrogen-bond donors (Lipinski definition) is 0. The number of para-hydroxylation sites is 5. The molecule has 0 radical (unpaired) electrons. The third kappa shape index (κ3) is 4.01. The van der Waals surface area contributed by atoms with Crippen LogP contribution >= 0.6 is 0 Å². The van der Waals surface area contributed by atoms with Crippen LogP contribution in [0.1, 0.15) is 11.1 Å². The Morgan fingerprint density at radius 3 is 1.52 bits per heavy atom. The summed E-state index contributed by atoms with van der Waals surface area (Å²) >= 11 is 0. The summed E-state index contributed by atoms with van der Waals surface area (Å²) in [5.41, 5.74) is 11.2. The Labute approximate surface area is 277 Å². The van der Waals surface area contributed by atoms with Gasteiger partial charge in [0.25, 0.3) is 0 Å². The lowest BCUT2D eigenvalue weighted by molar-refractivity contribution is 1.17. The van der Waals surface area contributed by atoms with E-state index >= 15 is 0 Å². The summed E-state index contributed by atoms with van der Waals surface area (Å²) in [6.07, 6.45) is 0. The first-order valence-corrected chi connectivity index (χ1v) is 15.9. The van der Waals surface area contributed by atoms with E-state index in [-0.39, 0.29) is 0 Å². The Hall–Kier alpha value is -6.88. The molecule has 0 saturated heterocycles. The summed E-state index contributed by atoms with van der Waals surface area (Å²) in [6, 6.07) is 58.9. The summed E-state index contributed by atoms with van der Waals surface area (Å²) < 4.78 is 4.50. The second-order valence-corrected chi connectivity index (χ2v) is 11.9. The smallest absolute Gasteiger partial charge is 0.101 e. The van der Waals surface area contributed by atoms with Crippen LogP contribution in [0.15, 0.2) is 158 Å². The zero-order chi connectivity index (χ0) is 32.2. The summed E-state index contributed by atoms with van der Waals surface area (Å²) in [4.78, 5) is 0. The minimum Gasteiger partial charge on any atom is -0.309 e. The molecule has 0 fully saturated rings. The van der Waals surface area contributed by atoms with E-state index < -0.39 is 0 Å². The monoisotopic (exact) mass is 610 g/mol. The van der Waals surface area contributed by atoms with Gasteiger partial charge >= 0.3 is 0 Å². The van der Waals surface area contributed by atoms with Crippen molar-refractivity contribution in [3.8, 4) is 45.8 Å². The lowest BCUT2D eigenvalue weighted by atomic mass is 9.91. The standard InChI is InChI=1S/C44H26N4/c45-27-29-24-25-31(47-40-20-7-6-18-37(40)38-19-11-12-30(28-46)44(38)47)26-39(29)33-14-2-1-13-32(33)34-15-3-8-21-41(34)48-42-22-9-4-16-35(42)36-17-5-10-23-43(36)48/h1-26H. The van der Waals surface area contributed by atoms with Crippen LogP contribution in [-0.4, -0.2) is 9.13 Å². The van der Waals surface area contributed by atoms with Gasteiger partial charge in [-0.05, 0) is 59.7 Å². The van der Waals surface area contributed by atoms with Gasteiger partial charge in [0.1, 0.15) is 6.07 Å². The van der Waals surface area contributed by atoms with Crippen molar-refractivity contribution in [2.24, 2.45) is 0 Å². The molecule has 0 bridgehead atoms. The van der Waals surface area contributed by atoms with Gasteiger partial charge in [0, 0.05) is 38.4 Å². The van der Waals surface area contributed by atoms with Gasteiger partial charge in [-0.3, -0.25) is 0 Å². The van der Waals surface area contributed by atoms with Gasteiger partial charge in [0.15, 0.2) is 0 Å². The lowest BCUT2D eigenvalue weighted by Crippen LogP contribution is -2.00. The molecule has 0 spiro atoms. The van der Waals surface area contributed by atoms with Gasteiger partial charge in [0.05, 0.1) is 45.0 Å². The van der Waals surface area contributed by atoms with Crippen molar-refractivity contribution in [3.05, 3.63) is 169 Å². The lowest BCUT2D eigenvalue weighted by Gasteiger charge is -2.18. The van der Waals surface area contributed by atoms with E-state index in [9.17, 15) is 10.5 Å². The molecule has 7 aromatic carbocycles. The highest BCUT2D eigenvalue weighted by Gasteiger charge is 2.20. The van der Waals surface area contributed by atoms with Gasteiger partial charge in [-0.1, -0.05) is 109 Å². The van der Waals surface area contributed by atoms with Crippen LogP contribution in [0.5, 0.6) is 0 Å². The second-order valence-electron chi connectivity index (χ2n) is 11.9. The quantitative estimate of drug-likeness (QED) is 0.199. The highest BCUT2D eigenvalue weighted by molar-refractivity contribution is 6.11. The number of nitriles is 2. The van der Waals surface area contributed by atoms with Crippen LogP contribution in [0.4, 0.5) is 0 Å². The van der Waals surface area contributed by atoms with Crippen LogP contribution in [0.3, 0.4) is 0 Å². The molecule has 0 N–H and O–H groups in total. The highest BCUT2D eigenvalue weighted by atomic mass is 15.0. The molecule has 0 aliphatic rings. The predicted molar refractivity (Wildman–Crippen MR) is 195 cm³/mol. The van der Waals surface area contributed by atoms with E-state index in [0.717, 1.165) is 66.5 Å². The van der Waals surface area contributed by atoms with Gasteiger partial charge in [0.2, 0.25) is 0 Å². The molecule has 0 saturated carbocycles. The average molecular weight is 611 g/mol. The minimum atomic E-state index is 0.585. The van der Waals surface area contributed by atoms with Crippen molar-refractivity contribution in [3.63, 3.8) is 0 Å². The van der Waals surface area contributed by atoms with E-state index in [0.29, 0.717) is 11.1 Å². The van der Waals surface area contributed by atoms with Crippen molar-refractivity contribution in [1.82, 2.24) is 9.13 Å². The molecular weight excluding hydrogens is 585 g/mol. The molecule has 0 aliphatic heterocycles. The van der Waals surface area contributed by atoms with Gasteiger partial charge in [-0.15, -0.1) is 0 Å². The summed E-state index contributed by atoms with van der Waals surface area (Å²) in [5.74, 6) is 0. The molecule has 222 valence electrons. The number of nitrogens with zero attached hydrogens (tertiary/aromatic N) is 4. The van der Waals surface area contributed by atoms with Crippen molar-refractivity contribution in [2.45, 2.75) is 0 Å². The maximum atomic E-state index is 10.4. The molecule has 4 nitrogen and oxygen atoms in total. The van der Waals surface area contributed by atoms with Crippen LogP contribution in [0, 0.1) is 22.7 Å². The Morgan fingerprint density at radius 1 is 0.375 bits per heavy atom. The molecule has 0 atom stereocenters. The first-order valence-electron chi connectivity index (χ1n) is 15.9. The van der Waals surface area contributed by atoms with Crippen LogP contribution in [0.25, 0.3) is 77.2 Å². The molecule has 9 rings (SSSR count). The van der Waals surface area contributed by atoms with E-state index in [2.05, 4.69) is 137 Å². The van der Waals surface area contributed by atoms with Gasteiger partial charge < -0.3 is 9.13 Å². The molecule has 2 aromatic heterocycles. The van der Waals surface area contributed by atoms with E-state index in [1.807, 2.05) is 42.5 Å². The molecular formula is C44H26N4. The van der Waals surface area contributed by atoms with Crippen molar-refractivity contribution >= 4 is 43.6 Å². The summed E-state index contributed by atoms with van der Waals surface area (Å²) in [5, 5.41) is 25.1. The van der Waals surface area contributed by atoms with Crippen LogP contribution in [0.2, 0.25) is 0 Å². The molecule has 9 aromatic rings. The molecule has 4 heteroatoms. The van der Waals surface area contributed by atoms with Crippen molar-refractivity contribution < 1.29 is 0 Å². The van der Waals surface area contributed by atoms with Gasteiger partial charge in [-0.25, -0.2) is 0 Å². The van der Waals surface area contributed by atoms with Gasteiger partial charge in [-0.2, -0.15) is 10.5 Å². The van der Waals surface area contributed by atoms with E-state index in [1.165, 1.54) is 10.8 Å². The molecule has 0 aliphatic carbocycles. The number of rotatable bonds is 4. The van der Waals surface area contributed by atoms with Crippen LogP contribution in [-0.2, 0) is 0 Å². The SMILES string of the molecule is N#Cc1ccc(-n2c3ccccc3c3cccc(C#N)c32)cc1-c1ccccc1-c1ccccc1-n1c2ccccc2c2ccccc21. The summed E-state index contributed by atoms with van der Waals surface area (Å²) in [7, 11) is 0. The number of benzene rings is 7. The predicted octanol–water partition coefficient (Wildman–Crippen LogP) is 11.0. The zero-order valence-corrected chi connectivity index (χ0v) is 25.8. The largest absolute Gasteiger partial charge is 0.309 e. The molecule has 0 amide bonds. The van der Waals surface area contributed by atoms with E-state index in [4.69, 9.17) is 0 Å². The Bertz CT molecular complexity index is 2760. The minimum absolute atomic E-state index is 0.585. The number of hydrogen-bond acceptors (Lipinski definition) is 2. The van der Waals surface area contributed by atoms with Crippen LogP contribution < -0.4 is 0 Å². The highest BCUT2D eigenvalue weighted by Crippen LogP contribution is 2.41. The molecule has 48 heavy (non-hydrogen) atoms. The first-order chi connectivity index (χ1) is 23.8. The fraction of sp³-hybridized carbons (Fsp3) is 0. The summed E-state index contributed by atoms with van der Waals surface area (Å²) in [6.45, 7) is 0. The maximum Gasteiger partial charge on any atom is 0.101 e. The Balaban J connectivity index is 1.31. The third-order valence-electron chi connectivity index (χ3n) is 9.43. The zero-order valence-electron chi connectivity index (χ0n) is 25.8. The Morgan fingerprint density at radius 2 is 0.875 bits per heavy atom. The number of aromatic nitrogens is 2. The second kappa shape index (κ2) is 10.9. The van der Waals surface area contributed by atoms with Crippen molar-refractivity contribution in [2.75, 3.05) is 0 Å². The van der Waals surface area contributed by atoms with E-state index in [1.54, 1.807) is 0 Å². The Kier molecular flexibility index (Phi) is 6.22. The number of fused-ring (bicyclic) bond motifs is 6. The third-order valence-corrected chi connectivity index (χ3v) is 9.43. The topological polar surface area (TPSA) is 57.4 Å². The average Bonchev–Trinajstić information content (AvgIpc) is 3.68. The fourth-order valence-corrected chi connectivity index (χ4v) is 7.40. The maximum absolute atomic E-state index is 10.4. The van der Waals surface area contributed by atoms with Crippen molar-refractivity contribution in [1.29, 1.82) is 10.5 Å². The molecule has 2 heterocycles. The normalized spacial score (nSPS) is 11.3. The fourth-order valence-electron chi connectivity index (χ4n) is 7.40. The first kappa shape index (κ1) is 27.4. The molecule has 0 unspecified atom stereocenters.